The van der Waals surface area contributed by atoms with Gasteiger partial charge in [0.2, 0.25) is 0 Å². The van der Waals surface area contributed by atoms with Crippen LogP contribution in [-0.4, -0.2) is 26.7 Å². The summed E-state index contributed by atoms with van der Waals surface area (Å²) in [5.74, 6) is -0.743. The summed E-state index contributed by atoms with van der Waals surface area (Å²) < 4.78 is 0. The summed E-state index contributed by atoms with van der Waals surface area (Å²) in [7, 11) is 0. The van der Waals surface area contributed by atoms with E-state index >= 15 is 0 Å². The van der Waals surface area contributed by atoms with Gasteiger partial charge in [0.25, 0.3) is 5.69 Å². The monoisotopic (exact) mass is 271 g/mol. The highest BCUT2D eigenvalue weighted by atomic mass is 16.6. The first-order valence-corrected chi connectivity index (χ1v) is 5.25. The first-order chi connectivity index (χ1) is 8.73. The molecule has 9 nitrogen and oxygen atoms in total. The summed E-state index contributed by atoms with van der Waals surface area (Å²) in [4.78, 5) is 20.2. The Labute approximate surface area is 107 Å². The molecule has 0 saturated heterocycles. The highest BCUT2D eigenvalue weighted by Crippen LogP contribution is 2.43. The molecule has 1 rings (SSSR count). The Hall–Kier alpha value is -2.26. The molecule has 9 heteroatoms. The molecule has 0 unspecified atom stereocenters. The smallest absolute Gasteiger partial charge is 0.320 e. The van der Waals surface area contributed by atoms with Gasteiger partial charge in [0.1, 0.15) is 5.56 Å². The third-order valence-corrected chi connectivity index (χ3v) is 2.88. The molecule has 0 bridgehead atoms. The third kappa shape index (κ3) is 2.33. The van der Waals surface area contributed by atoms with E-state index in [1.807, 2.05) is 0 Å². The van der Waals surface area contributed by atoms with E-state index in [9.17, 15) is 25.3 Å². The lowest BCUT2D eigenvalue weighted by molar-refractivity contribution is -0.396. The van der Waals surface area contributed by atoms with Gasteiger partial charge >= 0.3 is 5.69 Å². The second kappa shape index (κ2) is 5.16. The lowest BCUT2D eigenvalue weighted by Gasteiger charge is -2.15. The van der Waals surface area contributed by atoms with Gasteiger partial charge in [-0.1, -0.05) is 0 Å². The second-order valence-corrected chi connectivity index (χ2v) is 4.01. The predicted molar refractivity (Wildman–Crippen MR) is 64.9 cm³/mol. The molecule has 19 heavy (non-hydrogen) atoms. The SMILES string of the molecule is Cc1c([C@@H](N)CO)c(O)c([N+](=O)[O-])c(C)c1[N+](=O)[O-]. The van der Waals surface area contributed by atoms with E-state index in [0.29, 0.717) is 0 Å². The van der Waals surface area contributed by atoms with Crippen molar-refractivity contribution in [3.63, 3.8) is 0 Å². The number of rotatable bonds is 4. The van der Waals surface area contributed by atoms with Gasteiger partial charge in [0.15, 0.2) is 5.75 Å². The maximum Gasteiger partial charge on any atom is 0.320 e. The number of nitrogens with zero attached hydrogens (tertiary/aromatic N) is 2. The van der Waals surface area contributed by atoms with Crippen LogP contribution < -0.4 is 5.73 Å². The standard InChI is InChI=1S/C10H13N3O6/c1-4-7(6(11)3-14)10(15)9(13(18)19)5(2)8(4)12(16)17/h6,14-15H,3,11H2,1-2H3/t6-/m0/s1. The molecule has 0 aliphatic carbocycles. The van der Waals surface area contributed by atoms with Crippen LogP contribution in [0.15, 0.2) is 0 Å². The minimum absolute atomic E-state index is 0.00662. The fraction of sp³-hybridized carbons (Fsp3) is 0.400. The molecule has 104 valence electrons. The van der Waals surface area contributed by atoms with Gasteiger partial charge < -0.3 is 15.9 Å². The van der Waals surface area contributed by atoms with Crippen LogP contribution in [0.4, 0.5) is 11.4 Å². The molecule has 0 radical (unpaired) electrons. The zero-order valence-corrected chi connectivity index (χ0v) is 10.3. The number of hydrogen-bond donors (Lipinski definition) is 3. The third-order valence-electron chi connectivity index (χ3n) is 2.88. The molecule has 0 spiro atoms. The zero-order valence-electron chi connectivity index (χ0n) is 10.3. The van der Waals surface area contributed by atoms with Crippen LogP contribution in [0.25, 0.3) is 0 Å². The average molecular weight is 271 g/mol. The van der Waals surface area contributed by atoms with Gasteiger partial charge in [-0.2, -0.15) is 0 Å². The maximum atomic E-state index is 11.0. The topological polar surface area (TPSA) is 153 Å². The van der Waals surface area contributed by atoms with Gasteiger partial charge in [-0.05, 0) is 13.8 Å². The van der Waals surface area contributed by atoms with E-state index in [0.717, 1.165) is 0 Å². The number of nitrogens with two attached hydrogens (primary N) is 1. The number of aliphatic hydroxyl groups excluding tert-OH is 1. The van der Waals surface area contributed by atoms with Gasteiger partial charge in [0.05, 0.1) is 22.5 Å². The van der Waals surface area contributed by atoms with Crippen molar-refractivity contribution in [2.24, 2.45) is 5.73 Å². The summed E-state index contributed by atoms with van der Waals surface area (Å²) in [5, 5.41) is 40.8. The molecule has 1 aromatic carbocycles. The second-order valence-electron chi connectivity index (χ2n) is 4.01. The van der Waals surface area contributed by atoms with E-state index in [2.05, 4.69) is 0 Å². The van der Waals surface area contributed by atoms with E-state index in [1.165, 1.54) is 13.8 Å². The van der Waals surface area contributed by atoms with E-state index in [1.54, 1.807) is 0 Å². The Morgan fingerprint density at radius 3 is 2.00 bits per heavy atom. The molecule has 1 aromatic rings. The number of benzene rings is 1. The van der Waals surface area contributed by atoms with Crippen molar-refractivity contribution < 1.29 is 20.1 Å². The number of aromatic hydroxyl groups is 1. The number of nitro benzene ring substituents is 2. The fourth-order valence-corrected chi connectivity index (χ4v) is 2.05. The molecule has 0 aliphatic rings. The van der Waals surface area contributed by atoms with Crippen LogP contribution in [0.5, 0.6) is 5.75 Å². The predicted octanol–water partition coefficient (Wildman–Crippen LogP) is 0.818. The van der Waals surface area contributed by atoms with Crippen molar-refractivity contribution in [1.82, 2.24) is 0 Å². The number of phenols is 1. The number of phenolic OH excluding ortho intramolecular Hbond substituents is 1. The summed E-state index contributed by atoms with van der Waals surface area (Å²) in [5.41, 5.74) is 3.85. The van der Waals surface area contributed by atoms with Crippen LogP contribution in [-0.2, 0) is 0 Å². The van der Waals surface area contributed by atoms with Crippen molar-refractivity contribution in [2.45, 2.75) is 19.9 Å². The lowest BCUT2D eigenvalue weighted by Crippen LogP contribution is -2.18. The molecule has 4 N–H and O–H groups in total. The molecular weight excluding hydrogens is 258 g/mol. The van der Waals surface area contributed by atoms with Crippen molar-refractivity contribution in [3.05, 3.63) is 36.9 Å². The summed E-state index contributed by atoms with van der Waals surface area (Å²) in [6.45, 7) is 1.89. The van der Waals surface area contributed by atoms with Crippen LogP contribution in [0.3, 0.4) is 0 Å². The van der Waals surface area contributed by atoms with E-state index < -0.39 is 39.6 Å². The Morgan fingerprint density at radius 2 is 1.63 bits per heavy atom. The Balaban J connectivity index is 3.84. The van der Waals surface area contributed by atoms with Crippen molar-refractivity contribution in [1.29, 1.82) is 0 Å². The number of hydrogen-bond acceptors (Lipinski definition) is 7. The van der Waals surface area contributed by atoms with Crippen LogP contribution in [0.1, 0.15) is 22.7 Å². The minimum Gasteiger partial charge on any atom is -0.502 e. The van der Waals surface area contributed by atoms with Crippen molar-refractivity contribution in [2.75, 3.05) is 6.61 Å². The highest BCUT2D eigenvalue weighted by molar-refractivity contribution is 5.69. The Bertz CT molecular complexity index is 516. The average Bonchev–Trinajstić information content (AvgIpc) is 2.26. The minimum atomic E-state index is -1.14. The Kier molecular flexibility index (Phi) is 4.02. The molecule has 0 fully saturated rings. The van der Waals surface area contributed by atoms with Crippen LogP contribution in [0.2, 0.25) is 0 Å². The van der Waals surface area contributed by atoms with Gasteiger partial charge in [-0.15, -0.1) is 0 Å². The van der Waals surface area contributed by atoms with E-state index in [-0.39, 0.29) is 16.7 Å². The van der Waals surface area contributed by atoms with Crippen LogP contribution in [0, 0.1) is 34.1 Å². The quantitative estimate of drug-likeness (QED) is 0.541. The number of aliphatic hydroxyl groups is 1. The first kappa shape index (κ1) is 14.8. The summed E-state index contributed by atoms with van der Waals surface area (Å²) >= 11 is 0. The van der Waals surface area contributed by atoms with Crippen molar-refractivity contribution in [3.8, 4) is 5.75 Å². The number of nitro groups is 2. The van der Waals surface area contributed by atoms with Gasteiger partial charge in [0, 0.05) is 11.1 Å². The molecule has 0 aliphatic heterocycles. The van der Waals surface area contributed by atoms with Crippen LogP contribution >= 0.6 is 0 Å². The molecule has 0 amide bonds. The normalized spacial score (nSPS) is 12.2. The molecule has 0 heterocycles. The van der Waals surface area contributed by atoms with Gasteiger partial charge in [-0.25, -0.2) is 0 Å². The van der Waals surface area contributed by atoms with Crippen molar-refractivity contribution >= 4 is 11.4 Å². The molecule has 1 atom stereocenters. The summed E-state index contributed by atoms with van der Waals surface area (Å²) in [6.07, 6.45) is 0. The van der Waals surface area contributed by atoms with Gasteiger partial charge in [-0.3, -0.25) is 20.2 Å². The summed E-state index contributed by atoms with van der Waals surface area (Å²) in [6, 6.07) is -1.14. The zero-order chi connectivity index (χ0) is 14.9. The Morgan fingerprint density at radius 1 is 1.16 bits per heavy atom. The highest BCUT2D eigenvalue weighted by Gasteiger charge is 2.34. The largest absolute Gasteiger partial charge is 0.502 e. The fourth-order valence-electron chi connectivity index (χ4n) is 2.05. The first-order valence-electron chi connectivity index (χ1n) is 5.25. The molecule has 0 saturated carbocycles. The molecular formula is C10H13N3O6. The van der Waals surface area contributed by atoms with E-state index in [4.69, 9.17) is 10.8 Å². The molecule has 0 aromatic heterocycles. The lowest BCUT2D eigenvalue weighted by atomic mass is 9.95. The maximum absolute atomic E-state index is 11.0.